The van der Waals surface area contributed by atoms with Crippen molar-refractivity contribution in [1.82, 2.24) is 10.2 Å². The molecule has 16 heavy (non-hydrogen) atoms. The summed E-state index contributed by atoms with van der Waals surface area (Å²) in [4.78, 5) is 24.7. The van der Waals surface area contributed by atoms with Crippen LogP contribution < -0.4 is 5.32 Å². The average Bonchev–Trinajstić information content (AvgIpc) is 2.49. The van der Waals surface area contributed by atoms with Gasteiger partial charge in [0.05, 0.1) is 12.3 Å². The van der Waals surface area contributed by atoms with Gasteiger partial charge >= 0.3 is 0 Å². The monoisotopic (exact) mass is 244 g/mol. The minimum atomic E-state index is -0.0376. The predicted octanol–water partition coefficient (Wildman–Crippen LogP) is 0.868. The summed E-state index contributed by atoms with van der Waals surface area (Å²) < 4.78 is 0. The van der Waals surface area contributed by atoms with Crippen LogP contribution >= 0.6 is 11.8 Å². The topological polar surface area (TPSA) is 49.4 Å². The average molecular weight is 244 g/mol. The summed E-state index contributed by atoms with van der Waals surface area (Å²) in [5, 5.41) is 2.77. The third-order valence-corrected chi connectivity index (χ3v) is 3.51. The van der Waals surface area contributed by atoms with E-state index in [0.717, 1.165) is 25.0 Å². The van der Waals surface area contributed by atoms with Gasteiger partial charge in [-0.2, -0.15) is 11.8 Å². The Bertz CT molecular complexity index is 246. The zero-order chi connectivity index (χ0) is 11.8. The number of amides is 2. The lowest BCUT2D eigenvalue weighted by Gasteiger charge is -2.18. The molecule has 0 radical (unpaired) electrons. The summed E-state index contributed by atoms with van der Waals surface area (Å²) >= 11 is 1.66. The molecule has 1 saturated heterocycles. The van der Waals surface area contributed by atoms with E-state index >= 15 is 0 Å². The fraction of sp³-hybridized carbons (Fsp3) is 0.818. The summed E-state index contributed by atoms with van der Waals surface area (Å²) in [6, 6.07) is 0. The van der Waals surface area contributed by atoms with Crippen molar-refractivity contribution in [2.75, 3.05) is 31.1 Å². The molecule has 1 N–H and O–H groups in total. The Kier molecular flexibility index (Phi) is 6.30. The third-order valence-electron chi connectivity index (χ3n) is 2.48. The van der Waals surface area contributed by atoms with Crippen molar-refractivity contribution in [3.8, 4) is 0 Å². The number of rotatable bonds is 5. The molecule has 1 fully saturated rings. The van der Waals surface area contributed by atoms with Gasteiger partial charge in [0.15, 0.2) is 0 Å². The Balaban J connectivity index is 2.25. The number of nitrogens with zero attached hydrogens (tertiary/aromatic N) is 1. The molecule has 0 aromatic heterocycles. The molecule has 0 aliphatic carbocycles. The Morgan fingerprint density at radius 3 is 3.12 bits per heavy atom. The van der Waals surface area contributed by atoms with Crippen LogP contribution in [-0.4, -0.2) is 47.9 Å². The molecule has 1 heterocycles. The first-order valence-corrected chi connectivity index (χ1v) is 7.01. The zero-order valence-electron chi connectivity index (χ0n) is 9.83. The van der Waals surface area contributed by atoms with Crippen LogP contribution in [0.5, 0.6) is 0 Å². The Morgan fingerprint density at radius 1 is 1.56 bits per heavy atom. The number of nitrogens with one attached hydrogen (secondary N) is 1. The van der Waals surface area contributed by atoms with Gasteiger partial charge < -0.3 is 10.2 Å². The molecule has 0 atom stereocenters. The van der Waals surface area contributed by atoms with E-state index in [1.807, 2.05) is 0 Å². The molecule has 0 spiro atoms. The maximum absolute atomic E-state index is 11.8. The van der Waals surface area contributed by atoms with Gasteiger partial charge in [-0.1, -0.05) is 13.3 Å². The van der Waals surface area contributed by atoms with E-state index in [0.29, 0.717) is 18.8 Å². The van der Waals surface area contributed by atoms with Crippen LogP contribution in [0.2, 0.25) is 0 Å². The first-order chi connectivity index (χ1) is 7.74. The standard InChI is InChI=1S/C11H20N2O2S/c1-2-3-7-16-9-11(15)13-6-4-5-12-10(14)8-13/h2-9H2,1H3,(H,12,14). The van der Waals surface area contributed by atoms with Crippen molar-refractivity contribution in [2.45, 2.75) is 26.2 Å². The molecule has 92 valence electrons. The fourth-order valence-electron chi connectivity index (χ4n) is 1.52. The molecular formula is C11H20N2O2S. The van der Waals surface area contributed by atoms with Crippen molar-refractivity contribution in [3.05, 3.63) is 0 Å². The SMILES string of the molecule is CCCCSCC(=O)N1CCCNC(=O)C1. The molecule has 5 heteroatoms. The minimum absolute atomic E-state index is 0.0376. The van der Waals surface area contributed by atoms with Crippen molar-refractivity contribution in [2.24, 2.45) is 0 Å². The largest absolute Gasteiger partial charge is 0.354 e. The quantitative estimate of drug-likeness (QED) is 0.730. The van der Waals surface area contributed by atoms with Crippen molar-refractivity contribution in [1.29, 1.82) is 0 Å². The van der Waals surface area contributed by atoms with Gasteiger partial charge in [-0.05, 0) is 18.6 Å². The molecule has 1 rings (SSSR count). The van der Waals surface area contributed by atoms with E-state index in [4.69, 9.17) is 0 Å². The van der Waals surface area contributed by atoms with Gasteiger partial charge in [-0.15, -0.1) is 0 Å². The van der Waals surface area contributed by atoms with Gasteiger partial charge in [0.25, 0.3) is 0 Å². The van der Waals surface area contributed by atoms with Crippen LogP contribution in [0.3, 0.4) is 0 Å². The summed E-state index contributed by atoms with van der Waals surface area (Å²) in [6.07, 6.45) is 3.17. The molecule has 1 aliphatic rings. The number of carbonyl (C=O) groups is 2. The summed E-state index contributed by atoms with van der Waals surface area (Å²) in [5.41, 5.74) is 0. The molecule has 1 aliphatic heterocycles. The van der Waals surface area contributed by atoms with E-state index in [1.165, 1.54) is 0 Å². The van der Waals surface area contributed by atoms with E-state index in [2.05, 4.69) is 12.2 Å². The first kappa shape index (κ1) is 13.4. The summed E-state index contributed by atoms with van der Waals surface area (Å²) in [5.74, 6) is 1.60. The van der Waals surface area contributed by atoms with Crippen LogP contribution in [-0.2, 0) is 9.59 Å². The molecule has 4 nitrogen and oxygen atoms in total. The predicted molar refractivity (Wildman–Crippen MR) is 66.4 cm³/mol. The second kappa shape index (κ2) is 7.54. The van der Waals surface area contributed by atoms with Crippen molar-refractivity contribution in [3.63, 3.8) is 0 Å². The molecule has 0 aromatic rings. The second-order valence-corrected chi connectivity index (χ2v) is 5.03. The van der Waals surface area contributed by atoms with E-state index in [1.54, 1.807) is 16.7 Å². The lowest BCUT2D eigenvalue weighted by molar-refractivity contribution is -0.133. The van der Waals surface area contributed by atoms with Crippen molar-refractivity contribution < 1.29 is 9.59 Å². The highest BCUT2D eigenvalue weighted by Crippen LogP contribution is 2.07. The number of hydrogen-bond donors (Lipinski definition) is 1. The van der Waals surface area contributed by atoms with E-state index < -0.39 is 0 Å². The molecule has 0 saturated carbocycles. The lowest BCUT2D eigenvalue weighted by Crippen LogP contribution is -2.38. The van der Waals surface area contributed by atoms with Gasteiger partial charge in [0, 0.05) is 13.1 Å². The maximum atomic E-state index is 11.8. The molecule has 0 unspecified atom stereocenters. The highest BCUT2D eigenvalue weighted by atomic mass is 32.2. The Labute approximate surface area is 101 Å². The molecular weight excluding hydrogens is 224 g/mol. The van der Waals surface area contributed by atoms with Crippen molar-refractivity contribution >= 4 is 23.6 Å². The maximum Gasteiger partial charge on any atom is 0.239 e. The second-order valence-electron chi connectivity index (χ2n) is 3.92. The van der Waals surface area contributed by atoms with Gasteiger partial charge in [-0.3, -0.25) is 9.59 Å². The summed E-state index contributed by atoms with van der Waals surface area (Å²) in [7, 11) is 0. The van der Waals surface area contributed by atoms with E-state index in [9.17, 15) is 9.59 Å². The number of thioether (sulfide) groups is 1. The Hall–Kier alpha value is -0.710. The van der Waals surface area contributed by atoms with Crippen LogP contribution in [0.1, 0.15) is 26.2 Å². The number of unbranched alkanes of at least 4 members (excludes halogenated alkanes) is 1. The Morgan fingerprint density at radius 2 is 2.38 bits per heavy atom. The normalized spacial score (nSPS) is 16.8. The van der Waals surface area contributed by atoms with Crippen LogP contribution in [0.25, 0.3) is 0 Å². The zero-order valence-corrected chi connectivity index (χ0v) is 10.6. The molecule has 2 amide bonds. The number of hydrogen-bond acceptors (Lipinski definition) is 3. The van der Waals surface area contributed by atoms with Crippen LogP contribution in [0, 0.1) is 0 Å². The van der Waals surface area contributed by atoms with Gasteiger partial charge in [0.2, 0.25) is 11.8 Å². The fourth-order valence-corrected chi connectivity index (χ4v) is 2.51. The lowest BCUT2D eigenvalue weighted by atomic mass is 10.4. The van der Waals surface area contributed by atoms with Crippen LogP contribution in [0.4, 0.5) is 0 Å². The molecule has 0 bridgehead atoms. The first-order valence-electron chi connectivity index (χ1n) is 5.86. The smallest absolute Gasteiger partial charge is 0.239 e. The highest BCUT2D eigenvalue weighted by Gasteiger charge is 2.18. The van der Waals surface area contributed by atoms with E-state index in [-0.39, 0.29) is 18.4 Å². The third kappa shape index (κ3) is 4.88. The van der Waals surface area contributed by atoms with Crippen LogP contribution in [0.15, 0.2) is 0 Å². The minimum Gasteiger partial charge on any atom is -0.354 e. The number of carbonyl (C=O) groups excluding carboxylic acids is 2. The highest BCUT2D eigenvalue weighted by molar-refractivity contribution is 7.99. The van der Waals surface area contributed by atoms with Gasteiger partial charge in [-0.25, -0.2) is 0 Å². The molecule has 0 aromatic carbocycles. The van der Waals surface area contributed by atoms with Gasteiger partial charge in [0.1, 0.15) is 0 Å². The summed E-state index contributed by atoms with van der Waals surface area (Å²) in [6.45, 7) is 3.76.